The molecule has 43 heavy (non-hydrogen) atoms. The maximum absolute atomic E-state index is 3.93. The molecule has 7 aromatic rings. The van der Waals surface area contributed by atoms with Gasteiger partial charge in [-0.3, -0.25) is 0 Å². The van der Waals surface area contributed by atoms with Gasteiger partial charge < -0.3 is 4.57 Å². The minimum Gasteiger partial charge on any atom is -0.309 e. The Kier molecular flexibility index (Phi) is 6.24. The van der Waals surface area contributed by atoms with E-state index in [0.717, 1.165) is 18.4 Å². The molecule has 2 heteroatoms. The minimum absolute atomic E-state index is 1.10. The zero-order valence-electron chi connectivity index (χ0n) is 24.2. The summed E-state index contributed by atoms with van der Waals surface area (Å²) in [6.45, 7) is 5.98. The Morgan fingerprint density at radius 1 is 0.814 bits per heavy atom. The number of fused-ring (bicyclic) bond motifs is 10. The highest BCUT2D eigenvalue weighted by Crippen LogP contribution is 2.48. The molecule has 0 N–H and O–H groups in total. The van der Waals surface area contributed by atoms with Crippen LogP contribution in [-0.2, 0) is 0 Å². The summed E-state index contributed by atoms with van der Waals surface area (Å²) in [6, 6.07) is 33.9. The van der Waals surface area contributed by atoms with Gasteiger partial charge in [0.1, 0.15) is 0 Å². The van der Waals surface area contributed by atoms with Gasteiger partial charge in [0.05, 0.1) is 11.0 Å². The van der Waals surface area contributed by atoms with Crippen molar-refractivity contribution in [3.05, 3.63) is 151 Å². The summed E-state index contributed by atoms with van der Waals surface area (Å²) in [5.74, 6) is 0. The first kappa shape index (κ1) is 25.8. The lowest BCUT2D eigenvalue weighted by molar-refractivity contribution is 1.04. The van der Waals surface area contributed by atoms with E-state index in [2.05, 4.69) is 146 Å². The van der Waals surface area contributed by atoms with Crippen molar-refractivity contribution in [1.82, 2.24) is 4.57 Å². The molecular weight excluding hydrogens is 539 g/mol. The number of benzene rings is 5. The standard InChI is InChI=1S/C41H31NS/c1-3-12-27(13-4-2)29-20-23-31(24-21-29)42-36-25-22-30(28-14-6-5-7-15-28)26-35(36)38-32-16-8-9-17-33(32)41-39(40(38)42)34-18-10-11-19-37(34)43-41/h3-4,6,8-26H,1,5,7H2,2H3/b13-4-,27-12+. The Hall–Kier alpha value is -4.92. The zero-order chi connectivity index (χ0) is 28.9. The summed E-state index contributed by atoms with van der Waals surface area (Å²) in [6.07, 6.45) is 17.3. The van der Waals surface area contributed by atoms with E-state index in [1.807, 2.05) is 17.4 Å². The smallest absolute Gasteiger partial charge is 0.0640 e. The van der Waals surface area contributed by atoms with Crippen molar-refractivity contribution in [1.29, 1.82) is 0 Å². The lowest BCUT2D eigenvalue weighted by Gasteiger charge is -2.12. The third-order valence-corrected chi connectivity index (χ3v) is 9.88. The molecule has 1 aliphatic carbocycles. The van der Waals surface area contributed by atoms with Gasteiger partial charge in [0.15, 0.2) is 0 Å². The average Bonchev–Trinajstić information content (AvgIpc) is 3.61. The van der Waals surface area contributed by atoms with Crippen molar-refractivity contribution >= 4 is 75.2 Å². The van der Waals surface area contributed by atoms with Crippen molar-refractivity contribution < 1.29 is 0 Å². The van der Waals surface area contributed by atoms with Gasteiger partial charge in [0.2, 0.25) is 0 Å². The van der Waals surface area contributed by atoms with E-state index >= 15 is 0 Å². The van der Waals surface area contributed by atoms with Gasteiger partial charge in [-0.15, -0.1) is 11.3 Å². The summed E-state index contributed by atoms with van der Waals surface area (Å²) in [7, 11) is 0. The van der Waals surface area contributed by atoms with Crippen molar-refractivity contribution in [3.63, 3.8) is 0 Å². The number of aromatic nitrogens is 1. The molecule has 0 atom stereocenters. The molecule has 0 bridgehead atoms. The molecule has 2 heterocycles. The summed E-state index contributed by atoms with van der Waals surface area (Å²) in [5.41, 5.74) is 8.61. The Bertz CT molecular complexity index is 2350. The maximum Gasteiger partial charge on any atom is 0.0640 e. The van der Waals surface area contributed by atoms with Crippen LogP contribution in [0.3, 0.4) is 0 Å². The van der Waals surface area contributed by atoms with Crippen LogP contribution in [0.15, 0.2) is 140 Å². The normalized spacial score (nSPS) is 14.2. The van der Waals surface area contributed by atoms with E-state index < -0.39 is 0 Å². The zero-order valence-corrected chi connectivity index (χ0v) is 25.0. The summed E-state index contributed by atoms with van der Waals surface area (Å²) in [4.78, 5) is 0. The maximum atomic E-state index is 3.93. The largest absolute Gasteiger partial charge is 0.309 e. The van der Waals surface area contributed by atoms with Crippen molar-refractivity contribution in [3.8, 4) is 5.69 Å². The van der Waals surface area contributed by atoms with Crippen LogP contribution in [0, 0.1) is 0 Å². The highest BCUT2D eigenvalue weighted by molar-refractivity contribution is 7.27. The second-order valence-corrected chi connectivity index (χ2v) is 12.2. The van der Waals surface area contributed by atoms with E-state index in [0.29, 0.717) is 0 Å². The van der Waals surface area contributed by atoms with Crippen LogP contribution in [0.4, 0.5) is 0 Å². The van der Waals surface area contributed by atoms with Crippen LogP contribution in [0.25, 0.3) is 69.6 Å². The van der Waals surface area contributed by atoms with E-state index in [1.165, 1.54) is 75.1 Å². The molecule has 0 saturated carbocycles. The van der Waals surface area contributed by atoms with Crippen LogP contribution in [0.2, 0.25) is 0 Å². The molecule has 1 nitrogen and oxygen atoms in total. The fraction of sp³-hybridized carbons (Fsp3) is 0.0732. The third-order valence-electron chi connectivity index (χ3n) is 8.67. The fourth-order valence-corrected chi connectivity index (χ4v) is 8.05. The lowest BCUT2D eigenvalue weighted by Crippen LogP contribution is -1.95. The Morgan fingerprint density at radius 2 is 1.60 bits per heavy atom. The average molecular weight is 570 g/mol. The number of hydrogen-bond acceptors (Lipinski definition) is 1. The van der Waals surface area contributed by atoms with Crippen LogP contribution in [0.5, 0.6) is 0 Å². The van der Waals surface area contributed by atoms with Crippen molar-refractivity contribution in [2.45, 2.75) is 19.8 Å². The molecule has 0 amide bonds. The molecule has 0 saturated heterocycles. The molecule has 0 aliphatic heterocycles. The molecular formula is C41H31NS. The lowest BCUT2D eigenvalue weighted by atomic mass is 9.96. The van der Waals surface area contributed by atoms with E-state index in [9.17, 15) is 0 Å². The van der Waals surface area contributed by atoms with Gasteiger partial charge in [-0.1, -0.05) is 110 Å². The fourth-order valence-electron chi connectivity index (χ4n) is 6.80. The van der Waals surface area contributed by atoms with Gasteiger partial charge in [-0.25, -0.2) is 0 Å². The predicted molar refractivity (Wildman–Crippen MR) is 191 cm³/mol. The first-order valence-corrected chi connectivity index (χ1v) is 15.8. The van der Waals surface area contributed by atoms with Gasteiger partial charge >= 0.3 is 0 Å². The Balaban J connectivity index is 1.53. The number of hydrogen-bond donors (Lipinski definition) is 0. The van der Waals surface area contributed by atoms with E-state index in [4.69, 9.17) is 0 Å². The molecule has 0 unspecified atom stereocenters. The molecule has 5 aromatic carbocycles. The highest BCUT2D eigenvalue weighted by Gasteiger charge is 2.22. The van der Waals surface area contributed by atoms with Gasteiger partial charge in [-0.05, 0) is 77.8 Å². The topological polar surface area (TPSA) is 4.93 Å². The first-order valence-electron chi connectivity index (χ1n) is 15.0. The molecule has 2 aromatic heterocycles. The Morgan fingerprint density at radius 3 is 2.37 bits per heavy atom. The molecule has 206 valence electrons. The summed E-state index contributed by atoms with van der Waals surface area (Å²) in [5, 5.41) is 7.93. The van der Waals surface area contributed by atoms with Crippen LogP contribution < -0.4 is 0 Å². The molecule has 0 spiro atoms. The number of allylic oxidation sites excluding steroid dienone is 9. The molecule has 8 rings (SSSR count). The first-order chi connectivity index (χ1) is 21.3. The van der Waals surface area contributed by atoms with Gasteiger partial charge in [0.25, 0.3) is 0 Å². The van der Waals surface area contributed by atoms with Crippen molar-refractivity contribution in [2.75, 3.05) is 0 Å². The quantitative estimate of drug-likeness (QED) is 0.182. The molecule has 0 fully saturated rings. The number of nitrogens with zero attached hydrogens (tertiary/aromatic N) is 1. The summed E-state index contributed by atoms with van der Waals surface area (Å²) >= 11 is 1.91. The SMILES string of the molecule is C=C/C=C(\C=C/C)c1ccc(-n2c3ccc(C4=CCCC=C4)cc3c3c4ccccc4c4sc5ccccc5c4c32)cc1. The second kappa shape index (κ2) is 10.4. The van der Waals surface area contributed by atoms with Crippen LogP contribution >= 0.6 is 11.3 Å². The predicted octanol–water partition coefficient (Wildman–Crippen LogP) is 12.2. The number of rotatable bonds is 5. The monoisotopic (exact) mass is 569 g/mol. The highest BCUT2D eigenvalue weighted by atomic mass is 32.1. The van der Waals surface area contributed by atoms with Gasteiger partial charge in [0, 0.05) is 42.0 Å². The minimum atomic E-state index is 1.10. The summed E-state index contributed by atoms with van der Waals surface area (Å²) < 4.78 is 5.18. The van der Waals surface area contributed by atoms with Crippen LogP contribution in [0.1, 0.15) is 30.9 Å². The van der Waals surface area contributed by atoms with Gasteiger partial charge in [-0.2, -0.15) is 0 Å². The van der Waals surface area contributed by atoms with E-state index in [1.54, 1.807) is 0 Å². The van der Waals surface area contributed by atoms with Crippen molar-refractivity contribution in [2.24, 2.45) is 0 Å². The van der Waals surface area contributed by atoms with Crippen LogP contribution in [-0.4, -0.2) is 4.57 Å². The van der Waals surface area contributed by atoms with E-state index in [-0.39, 0.29) is 0 Å². The molecule has 0 radical (unpaired) electrons. The third kappa shape index (κ3) is 4.06. The second-order valence-electron chi connectivity index (χ2n) is 11.2. The number of thiophene rings is 1. The molecule has 1 aliphatic rings. The Labute approximate surface area is 255 Å².